The Labute approximate surface area is 500 Å². The second-order valence-electron chi connectivity index (χ2n) is 22.0. The van der Waals surface area contributed by atoms with Crippen LogP contribution in [-0.2, 0) is 28.6 Å². The molecule has 1 atom stereocenters. The first-order chi connectivity index (χ1) is 40.0. The molecule has 460 valence electrons. The quantitative estimate of drug-likeness (QED) is 0.0261. The Morgan fingerprint density at radius 3 is 0.827 bits per heavy atom. The van der Waals surface area contributed by atoms with Gasteiger partial charge in [-0.1, -0.05) is 296 Å². The summed E-state index contributed by atoms with van der Waals surface area (Å²) in [4.78, 5) is 38.3. The summed E-state index contributed by atoms with van der Waals surface area (Å²) in [6.45, 7) is 6.33. The van der Waals surface area contributed by atoms with Crippen LogP contribution < -0.4 is 0 Å². The summed E-state index contributed by atoms with van der Waals surface area (Å²) in [5.41, 5.74) is 0. The lowest BCUT2D eigenvalue weighted by molar-refractivity contribution is -0.166. The fourth-order valence-electron chi connectivity index (χ4n) is 9.16. The van der Waals surface area contributed by atoms with E-state index >= 15 is 0 Å². The molecule has 0 aliphatic rings. The van der Waals surface area contributed by atoms with Crippen molar-refractivity contribution in [1.82, 2.24) is 0 Å². The molecular weight excluding hydrogens is 997 g/mol. The van der Waals surface area contributed by atoms with Gasteiger partial charge in [-0.3, -0.25) is 14.4 Å². The van der Waals surface area contributed by atoms with E-state index in [1.165, 1.54) is 141 Å². The molecule has 0 saturated carbocycles. The van der Waals surface area contributed by atoms with Gasteiger partial charge in [0, 0.05) is 19.3 Å². The van der Waals surface area contributed by atoms with E-state index in [-0.39, 0.29) is 37.5 Å². The molecule has 0 aliphatic heterocycles. The highest BCUT2D eigenvalue weighted by molar-refractivity contribution is 5.71. The molecule has 0 aromatic carbocycles. The SMILES string of the molecule is CC/C=C\C/C=C\C/C=C\C/C=C\CCCCCCCCCCCCCCCCCCCCC(=O)OCC(COC(=O)CC/C=C\C/C=C\C/C=C\C/C=C\CC)OC(=O)CCCCCCCC/C=C\C/C=C\C/C=C\CCCCC. The molecule has 0 heterocycles. The molecule has 0 spiro atoms. The standard InChI is InChI=1S/C75H124O6/c1-4-7-10-13-16-19-22-25-27-29-31-32-33-34-35-36-37-38-39-40-41-42-44-45-47-50-53-56-59-62-65-68-74(77)80-71-72(70-79-73(76)67-64-61-58-55-52-49-24-21-18-15-12-9-6-3)81-75(78)69-66-63-60-57-54-51-48-46-43-30-28-26-23-20-17-14-11-8-5-2/h7,9-10,12,16-21,25-28,31-32,43,46,49,52,58,61,72H,4-6,8,11,13-15,22-24,29-30,33-42,44-45,47-48,50-51,53-57,59-60,62-71H2,1-3H3/b10-7-,12-9-,19-16-,20-17-,21-18-,27-25-,28-26-,32-31-,46-43-,52-49-,61-58-. The molecule has 0 fully saturated rings. The minimum Gasteiger partial charge on any atom is -0.462 e. The van der Waals surface area contributed by atoms with Crippen LogP contribution in [0.15, 0.2) is 134 Å². The van der Waals surface area contributed by atoms with Crippen LogP contribution in [0.4, 0.5) is 0 Å². The third-order valence-corrected chi connectivity index (χ3v) is 14.1. The summed E-state index contributed by atoms with van der Waals surface area (Å²) >= 11 is 0. The largest absolute Gasteiger partial charge is 0.462 e. The highest BCUT2D eigenvalue weighted by Gasteiger charge is 2.19. The highest BCUT2D eigenvalue weighted by atomic mass is 16.6. The van der Waals surface area contributed by atoms with Crippen molar-refractivity contribution in [2.24, 2.45) is 0 Å². The van der Waals surface area contributed by atoms with E-state index in [9.17, 15) is 14.4 Å². The first kappa shape index (κ1) is 76.5. The zero-order chi connectivity index (χ0) is 58.5. The molecule has 0 radical (unpaired) electrons. The fraction of sp³-hybridized carbons (Fsp3) is 0.667. The lowest BCUT2D eigenvalue weighted by Crippen LogP contribution is -2.30. The summed E-state index contributed by atoms with van der Waals surface area (Å²) < 4.78 is 16.9. The van der Waals surface area contributed by atoms with Gasteiger partial charge in [-0.25, -0.2) is 0 Å². The zero-order valence-electron chi connectivity index (χ0n) is 52.8. The lowest BCUT2D eigenvalue weighted by Gasteiger charge is -2.18. The van der Waals surface area contributed by atoms with Gasteiger partial charge in [0.15, 0.2) is 6.10 Å². The van der Waals surface area contributed by atoms with Crippen molar-refractivity contribution in [3.63, 3.8) is 0 Å². The number of ether oxygens (including phenoxy) is 3. The second-order valence-corrected chi connectivity index (χ2v) is 22.0. The Kier molecular flexibility index (Phi) is 64.3. The molecule has 0 aromatic rings. The lowest BCUT2D eigenvalue weighted by atomic mass is 10.0. The van der Waals surface area contributed by atoms with Crippen LogP contribution in [0.2, 0.25) is 0 Å². The molecule has 0 amide bonds. The molecular formula is C75H124O6. The van der Waals surface area contributed by atoms with E-state index < -0.39 is 6.10 Å². The van der Waals surface area contributed by atoms with Crippen LogP contribution in [0.25, 0.3) is 0 Å². The Balaban J connectivity index is 4.27. The zero-order valence-corrected chi connectivity index (χ0v) is 52.8. The number of hydrogen-bond acceptors (Lipinski definition) is 6. The van der Waals surface area contributed by atoms with Gasteiger partial charge in [0.25, 0.3) is 0 Å². The summed E-state index contributed by atoms with van der Waals surface area (Å²) in [7, 11) is 0. The van der Waals surface area contributed by atoms with Gasteiger partial charge in [-0.05, 0) is 122 Å². The number of unbranched alkanes of at least 4 members (excludes halogenated alkanes) is 27. The van der Waals surface area contributed by atoms with E-state index in [1.807, 2.05) is 6.08 Å². The van der Waals surface area contributed by atoms with Gasteiger partial charge in [0.2, 0.25) is 0 Å². The monoisotopic (exact) mass is 1120 g/mol. The summed E-state index contributed by atoms with van der Waals surface area (Å²) in [5.74, 6) is -0.999. The number of rotatable bonds is 60. The second kappa shape index (κ2) is 68.1. The highest BCUT2D eigenvalue weighted by Crippen LogP contribution is 2.16. The van der Waals surface area contributed by atoms with Crippen LogP contribution in [0.1, 0.15) is 303 Å². The molecule has 0 aromatic heterocycles. The molecule has 0 rings (SSSR count). The summed E-state index contributed by atoms with van der Waals surface area (Å²) in [5, 5.41) is 0. The van der Waals surface area contributed by atoms with Crippen molar-refractivity contribution in [3.05, 3.63) is 134 Å². The molecule has 0 N–H and O–H groups in total. The van der Waals surface area contributed by atoms with Crippen LogP contribution in [0.5, 0.6) is 0 Å². The minimum atomic E-state index is -0.818. The number of carbonyl (C=O) groups is 3. The number of carbonyl (C=O) groups excluding carboxylic acids is 3. The average molecular weight is 1120 g/mol. The van der Waals surface area contributed by atoms with Gasteiger partial charge < -0.3 is 14.2 Å². The maximum Gasteiger partial charge on any atom is 0.306 e. The summed E-state index contributed by atoms with van der Waals surface area (Å²) in [6.07, 6.45) is 96.4. The molecule has 0 saturated heterocycles. The Bertz CT molecular complexity index is 1720. The van der Waals surface area contributed by atoms with Crippen LogP contribution in [0.3, 0.4) is 0 Å². The molecule has 81 heavy (non-hydrogen) atoms. The maximum absolute atomic E-state index is 12.9. The predicted octanol–water partition coefficient (Wildman–Crippen LogP) is 23.3. The maximum atomic E-state index is 12.9. The molecule has 0 aliphatic carbocycles. The van der Waals surface area contributed by atoms with Crippen LogP contribution in [-0.4, -0.2) is 37.2 Å². The Morgan fingerprint density at radius 1 is 0.259 bits per heavy atom. The van der Waals surface area contributed by atoms with E-state index in [1.54, 1.807) is 0 Å². The number of hydrogen-bond donors (Lipinski definition) is 0. The van der Waals surface area contributed by atoms with Crippen molar-refractivity contribution in [2.75, 3.05) is 13.2 Å². The fourth-order valence-corrected chi connectivity index (χ4v) is 9.16. The minimum absolute atomic E-state index is 0.107. The Morgan fingerprint density at radius 2 is 0.506 bits per heavy atom. The Hall–Kier alpha value is -4.45. The average Bonchev–Trinajstić information content (AvgIpc) is 3.46. The van der Waals surface area contributed by atoms with E-state index in [2.05, 4.69) is 148 Å². The van der Waals surface area contributed by atoms with E-state index in [0.717, 1.165) is 116 Å². The van der Waals surface area contributed by atoms with Crippen molar-refractivity contribution in [2.45, 2.75) is 309 Å². The van der Waals surface area contributed by atoms with Crippen molar-refractivity contribution in [3.8, 4) is 0 Å². The number of allylic oxidation sites excluding steroid dienone is 22. The van der Waals surface area contributed by atoms with Gasteiger partial charge in [-0.15, -0.1) is 0 Å². The summed E-state index contributed by atoms with van der Waals surface area (Å²) in [6, 6.07) is 0. The third kappa shape index (κ3) is 66.2. The van der Waals surface area contributed by atoms with Gasteiger partial charge in [0.05, 0.1) is 0 Å². The van der Waals surface area contributed by atoms with Crippen molar-refractivity contribution >= 4 is 17.9 Å². The smallest absolute Gasteiger partial charge is 0.306 e. The van der Waals surface area contributed by atoms with E-state index in [4.69, 9.17) is 14.2 Å². The van der Waals surface area contributed by atoms with Crippen LogP contribution >= 0.6 is 0 Å². The van der Waals surface area contributed by atoms with Gasteiger partial charge in [0.1, 0.15) is 13.2 Å². The van der Waals surface area contributed by atoms with Gasteiger partial charge in [-0.2, -0.15) is 0 Å². The van der Waals surface area contributed by atoms with Crippen LogP contribution in [0, 0.1) is 0 Å². The van der Waals surface area contributed by atoms with Crippen molar-refractivity contribution < 1.29 is 28.6 Å². The molecule has 0 bridgehead atoms. The first-order valence-electron chi connectivity index (χ1n) is 33.7. The predicted molar refractivity (Wildman–Crippen MR) is 353 cm³/mol. The number of esters is 3. The topological polar surface area (TPSA) is 78.9 Å². The normalized spacial score (nSPS) is 13.0. The first-order valence-corrected chi connectivity index (χ1v) is 33.7. The van der Waals surface area contributed by atoms with Gasteiger partial charge >= 0.3 is 17.9 Å². The third-order valence-electron chi connectivity index (χ3n) is 14.1. The van der Waals surface area contributed by atoms with E-state index in [0.29, 0.717) is 19.3 Å². The van der Waals surface area contributed by atoms with Crippen molar-refractivity contribution in [1.29, 1.82) is 0 Å². The molecule has 1 unspecified atom stereocenters. The molecule has 6 nitrogen and oxygen atoms in total. The molecule has 6 heteroatoms.